The number of hydrogen-bond acceptors (Lipinski definition) is 3. The molecule has 0 spiro atoms. The molecule has 5 nitrogen and oxygen atoms in total. The quantitative estimate of drug-likeness (QED) is 0.562. The van der Waals surface area contributed by atoms with Gasteiger partial charge in [-0.25, -0.2) is 0 Å². The molecule has 4 N–H and O–H groups in total. The summed E-state index contributed by atoms with van der Waals surface area (Å²) in [5.74, 6) is -0.317. The number of nitrogens with one attached hydrogen (secondary N) is 2. The van der Waals surface area contributed by atoms with Crippen LogP contribution < -0.4 is 16.6 Å². The number of carbonyl (C=O) groups is 1. The lowest BCUT2D eigenvalue weighted by molar-refractivity contribution is 0.0949. The second-order valence-electron chi connectivity index (χ2n) is 2.47. The van der Waals surface area contributed by atoms with Gasteiger partial charge in [-0.15, -0.1) is 0 Å². The van der Waals surface area contributed by atoms with Crippen molar-refractivity contribution in [2.45, 2.75) is 0 Å². The van der Waals surface area contributed by atoms with Crippen LogP contribution in [0, 0.1) is 0 Å². The van der Waals surface area contributed by atoms with Crippen molar-refractivity contribution >= 4 is 5.91 Å². The molecule has 0 aromatic carbocycles. The Hall–Kier alpha value is -1.62. The van der Waals surface area contributed by atoms with E-state index in [1.165, 1.54) is 18.2 Å². The normalized spacial score (nSPS) is 9.62. The van der Waals surface area contributed by atoms with Crippen LogP contribution >= 0.6 is 0 Å². The van der Waals surface area contributed by atoms with Gasteiger partial charge in [-0.05, 0) is 6.07 Å². The van der Waals surface area contributed by atoms with Crippen LogP contribution in [0.25, 0.3) is 0 Å². The van der Waals surface area contributed by atoms with Crippen LogP contribution in [0.3, 0.4) is 0 Å². The van der Waals surface area contributed by atoms with Crippen molar-refractivity contribution in [3.8, 4) is 0 Å². The van der Waals surface area contributed by atoms with Crippen molar-refractivity contribution in [3.63, 3.8) is 0 Å². The molecule has 1 rings (SSSR count). The van der Waals surface area contributed by atoms with E-state index in [4.69, 9.17) is 5.73 Å². The smallest absolute Gasteiger partial charge is 0.267 e. The largest absolute Gasteiger partial charge is 0.350 e. The summed E-state index contributed by atoms with van der Waals surface area (Å²) in [5.41, 5.74) is 5.16. The second-order valence-corrected chi connectivity index (χ2v) is 2.47. The molecular weight excluding hydrogens is 170 g/mol. The lowest BCUT2D eigenvalue weighted by Crippen LogP contribution is -2.30. The monoisotopic (exact) mass is 181 g/mol. The van der Waals surface area contributed by atoms with Gasteiger partial charge in [0.1, 0.15) is 5.69 Å². The highest BCUT2D eigenvalue weighted by Gasteiger charge is 2.03. The first kappa shape index (κ1) is 9.47. The summed E-state index contributed by atoms with van der Waals surface area (Å²) in [6, 6.07) is 4.41. The van der Waals surface area contributed by atoms with Crippen LogP contribution in [-0.2, 0) is 0 Å². The first-order valence-electron chi connectivity index (χ1n) is 3.91. The Bertz CT molecular complexity index is 345. The fraction of sp³-hybridized carbons (Fsp3) is 0.250. The van der Waals surface area contributed by atoms with Gasteiger partial charge in [0.15, 0.2) is 0 Å². The van der Waals surface area contributed by atoms with Gasteiger partial charge in [-0.1, -0.05) is 6.07 Å². The molecule has 13 heavy (non-hydrogen) atoms. The number of rotatable bonds is 3. The summed E-state index contributed by atoms with van der Waals surface area (Å²) in [4.78, 5) is 24.4. The molecule has 0 aliphatic carbocycles. The van der Waals surface area contributed by atoms with Crippen LogP contribution in [0.15, 0.2) is 23.0 Å². The Morgan fingerprint density at radius 1 is 1.54 bits per heavy atom. The Balaban J connectivity index is 2.71. The molecule has 0 aliphatic rings. The standard InChI is InChI=1S/C8H11N3O2/c9-4-5-10-8(13)6-2-1-3-7(12)11-6/h1-3H,4-5,9H2,(H,10,13)(H,11,12). The molecule has 1 aromatic heterocycles. The predicted octanol–water partition coefficient (Wildman–Crippen LogP) is -0.937. The van der Waals surface area contributed by atoms with E-state index in [9.17, 15) is 9.59 Å². The maximum Gasteiger partial charge on any atom is 0.267 e. The fourth-order valence-electron chi connectivity index (χ4n) is 0.861. The van der Waals surface area contributed by atoms with Crippen molar-refractivity contribution in [3.05, 3.63) is 34.2 Å². The van der Waals surface area contributed by atoms with Crippen LogP contribution in [0.4, 0.5) is 0 Å². The molecule has 0 saturated heterocycles. The number of hydrogen-bond donors (Lipinski definition) is 3. The minimum absolute atomic E-state index is 0.251. The van der Waals surface area contributed by atoms with Crippen molar-refractivity contribution in [2.24, 2.45) is 5.73 Å². The minimum atomic E-state index is -0.317. The Labute approximate surface area is 75.0 Å². The zero-order valence-electron chi connectivity index (χ0n) is 7.04. The molecule has 0 radical (unpaired) electrons. The Morgan fingerprint density at radius 3 is 2.92 bits per heavy atom. The third kappa shape index (κ3) is 2.72. The molecule has 0 fully saturated rings. The molecule has 0 aliphatic heterocycles. The summed E-state index contributed by atoms with van der Waals surface area (Å²) in [6.07, 6.45) is 0. The van der Waals surface area contributed by atoms with E-state index in [2.05, 4.69) is 10.3 Å². The minimum Gasteiger partial charge on any atom is -0.350 e. The fourth-order valence-corrected chi connectivity index (χ4v) is 0.861. The molecule has 0 unspecified atom stereocenters. The third-order valence-electron chi connectivity index (χ3n) is 1.44. The molecule has 1 aromatic rings. The van der Waals surface area contributed by atoms with Gasteiger partial charge in [0, 0.05) is 19.2 Å². The summed E-state index contributed by atoms with van der Waals surface area (Å²) in [6.45, 7) is 0.776. The van der Waals surface area contributed by atoms with Gasteiger partial charge in [-0.2, -0.15) is 0 Å². The van der Waals surface area contributed by atoms with Crippen molar-refractivity contribution in [1.29, 1.82) is 0 Å². The lowest BCUT2D eigenvalue weighted by atomic mass is 10.3. The molecule has 0 bridgehead atoms. The number of H-pyrrole nitrogens is 1. The van der Waals surface area contributed by atoms with Crippen molar-refractivity contribution < 1.29 is 4.79 Å². The Morgan fingerprint density at radius 2 is 2.31 bits per heavy atom. The maximum absolute atomic E-state index is 11.2. The highest BCUT2D eigenvalue weighted by Crippen LogP contribution is 1.88. The van der Waals surface area contributed by atoms with Gasteiger partial charge in [0.25, 0.3) is 5.91 Å². The Kier molecular flexibility index (Phi) is 3.22. The van der Waals surface area contributed by atoms with E-state index in [0.29, 0.717) is 13.1 Å². The highest BCUT2D eigenvalue weighted by atomic mass is 16.2. The van der Waals surface area contributed by atoms with Crippen molar-refractivity contribution in [1.82, 2.24) is 10.3 Å². The van der Waals surface area contributed by atoms with Crippen LogP contribution in [-0.4, -0.2) is 24.0 Å². The zero-order chi connectivity index (χ0) is 9.68. The van der Waals surface area contributed by atoms with E-state index in [1.807, 2.05) is 0 Å². The number of nitrogens with two attached hydrogens (primary N) is 1. The molecule has 0 saturated carbocycles. The van der Waals surface area contributed by atoms with E-state index < -0.39 is 0 Å². The molecule has 1 amide bonds. The highest BCUT2D eigenvalue weighted by molar-refractivity contribution is 5.92. The molecule has 1 heterocycles. The van der Waals surface area contributed by atoms with Crippen LogP contribution in [0.5, 0.6) is 0 Å². The summed E-state index contributed by atoms with van der Waals surface area (Å²) >= 11 is 0. The van der Waals surface area contributed by atoms with Crippen LogP contribution in [0.2, 0.25) is 0 Å². The van der Waals surface area contributed by atoms with Crippen molar-refractivity contribution in [2.75, 3.05) is 13.1 Å². The molecular formula is C8H11N3O2. The predicted molar refractivity (Wildman–Crippen MR) is 48.5 cm³/mol. The van der Waals surface area contributed by atoms with Gasteiger partial charge >= 0.3 is 0 Å². The number of aromatic nitrogens is 1. The van der Waals surface area contributed by atoms with Gasteiger partial charge in [0.2, 0.25) is 5.56 Å². The van der Waals surface area contributed by atoms with Gasteiger partial charge in [0.05, 0.1) is 0 Å². The molecule has 70 valence electrons. The number of aromatic amines is 1. The number of carbonyl (C=O) groups excluding carboxylic acids is 1. The number of pyridine rings is 1. The van der Waals surface area contributed by atoms with E-state index >= 15 is 0 Å². The maximum atomic E-state index is 11.2. The van der Waals surface area contributed by atoms with Crippen LogP contribution in [0.1, 0.15) is 10.5 Å². The van der Waals surface area contributed by atoms with E-state index in [0.717, 1.165) is 0 Å². The average Bonchev–Trinajstić information content (AvgIpc) is 2.14. The summed E-state index contributed by atoms with van der Waals surface area (Å²) < 4.78 is 0. The first-order valence-corrected chi connectivity index (χ1v) is 3.91. The zero-order valence-corrected chi connectivity index (χ0v) is 7.04. The lowest BCUT2D eigenvalue weighted by Gasteiger charge is -2.01. The third-order valence-corrected chi connectivity index (χ3v) is 1.44. The summed E-state index contributed by atoms with van der Waals surface area (Å²) in [5, 5.41) is 2.54. The number of amides is 1. The first-order chi connectivity index (χ1) is 6.24. The van der Waals surface area contributed by atoms with E-state index in [-0.39, 0.29) is 17.2 Å². The molecule has 5 heteroatoms. The van der Waals surface area contributed by atoms with Gasteiger partial charge in [-0.3, -0.25) is 9.59 Å². The second kappa shape index (κ2) is 4.42. The van der Waals surface area contributed by atoms with E-state index in [1.54, 1.807) is 0 Å². The topological polar surface area (TPSA) is 88.0 Å². The molecule has 0 atom stereocenters. The van der Waals surface area contributed by atoms with Gasteiger partial charge < -0.3 is 16.0 Å². The summed E-state index contributed by atoms with van der Waals surface area (Å²) in [7, 11) is 0. The SMILES string of the molecule is NCCNC(=O)c1cccc(=O)[nH]1. The average molecular weight is 181 g/mol.